The molecular formula is C9H7NO2. The average molecular weight is 161 g/mol. The predicted molar refractivity (Wildman–Crippen MR) is 45.8 cm³/mol. The van der Waals surface area contributed by atoms with Crippen LogP contribution in [0.4, 0.5) is 5.69 Å². The number of nitro groups is 1. The zero-order valence-electron chi connectivity index (χ0n) is 6.36. The monoisotopic (exact) mass is 161 g/mol. The smallest absolute Gasteiger partial charge is 0.258 e. The van der Waals surface area contributed by atoms with Gasteiger partial charge in [-0.1, -0.05) is 18.2 Å². The van der Waals surface area contributed by atoms with Gasteiger partial charge in [0.1, 0.15) is 0 Å². The summed E-state index contributed by atoms with van der Waals surface area (Å²) in [4.78, 5) is 10.0. The molecule has 2 rings (SSSR count). The van der Waals surface area contributed by atoms with Gasteiger partial charge >= 0.3 is 0 Å². The highest BCUT2D eigenvalue weighted by molar-refractivity contribution is 5.62. The van der Waals surface area contributed by atoms with Crippen LogP contribution >= 0.6 is 0 Å². The van der Waals surface area contributed by atoms with E-state index in [2.05, 4.69) is 0 Å². The van der Waals surface area contributed by atoms with Gasteiger partial charge in [0.15, 0.2) is 0 Å². The van der Waals surface area contributed by atoms with Crippen LogP contribution in [0.5, 0.6) is 0 Å². The number of non-ortho nitro benzene ring substituents is 1. The van der Waals surface area contributed by atoms with Crippen molar-refractivity contribution in [2.45, 2.75) is 6.42 Å². The van der Waals surface area contributed by atoms with Crippen molar-refractivity contribution < 1.29 is 4.92 Å². The van der Waals surface area contributed by atoms with Gasteiger partial charge in [-0.15, -0.1) is 0 Å². The van der Waals surface area contributed by atoms with Gasteiger partial charge in [-0.2, -0.15) is 0 Å². The van der Waals surface area contributed by atoms with Crippen molar-refractivity contribution in [2.75, 3.05) is 0 Å². The van der Waals surface area contributed by atoms with Crippen molar-refractivity contribution in [1.29, 1.82) is 0 Å². The van der Waals surface area contributed by atoms with Crippen LogP contribution in [0.2, 0.25) is 0 Å². The zero-order chi connectivity index (χ0) is 8.55. The van der Waals surface area contributed by atoms with Crippen molar-refractivity contribution in [3.05, 3.63) is 45.5 Å². The number of nitrogens with zero attached hydrogens (tertiary/aromatic N) is 1. The number of hydrogen-bond acceptors (Lipinski definition) is 2. The summed E-state index contributed by atoms with van der Waals surface area (Å²) in [6.45, 7) is 0. The van der Waals surface area contributed by atoms with E-state index in [4.69, 9.17) is 0 Å². The molecule has 0 amide bonds. The predicted octanol–water partition coefficient (Wildman–Crippen LogP) is 2.16. The molecule has 0 saturated heterocycles. The Kier molecular flexibility index (Phi) is 1.43. The Labute approximate surface area is 69.5 Å². The molecule has 1 aliphatic rings. The molecule has 0 N–H and O–H groups in total. The topological polar surface area (TPSA) is 43.1 Å². The first kappa shape index (κ1) is 7.03. The first-order valence-corrected chi connectivity index (χ1v) is 3.71. The van der Waals surface area contributed by atoms with Gasteiger partial charge in [-0.25, -0.2) is 0 Å². The Bertz CT molecular complexity index is 369. The standard InChI is InChI=1S/C9H7NO2/c11-10(12)9-5-4-7-2-1-3-8(7)6-9/h1,3-6H,2H2. The van der Waals surface area contributed by atoms with Crippen molar-refractivity contribution >= 4 is 11.8 Å². The lowest BCUT2D eigenvalue weighted by Crippen LogP contribution is -1.89. The minimum atomic E-state index is -0.369. The Morgan fingerprint density at radius 3 is 3.00 bits per heavy atom. The maximum Gasteiger partial charge on any atom is 0.270 e. The molecule has 3 nitrogen and oxygen atoms in total. The number of nitro benzene ring substituents is 1. The lowest BCUT2D eigenvalue weighted by Gasteiger charge is -1.96. The Morgan fingerprint density at radius 1 is 1.42 bits per heavy atom. The first-order valence-electron chi connectivity index (χ1n) is 3.71. The summed E-state index contributed by atoms with van der Waals surface area (Å²) in [5.41, 5.74) is 2.31. The van der Waals surface area contributed by atoms with Crippen LogP contribution in [0.25, 0.3) is 6.08 Å². The summed E-state index contributed by atoms with van der Waals surface area (Å²) in [6.07, 6.45) is 4.82. The molecule has 0 bridgehead atoms. The minimum Gasteiger partial charge on any atom is -0.258 e. The highest BCUT2D eigenvalue weighted by atomic mass is 16.6. The molecule has 1 aliphatic carbocycles. The van der Waals surface area contributed by atoms with Gasteiger partial charge in [0.05, 0.1) is 4.92 Å². The van der Waals surface area contributed by atoms with Gasteiger partial charge in [0, 0.05) is 12.1 Å². The number of rotatable bonds is 1. The summed E-state index contributed by atoms with van der Waals surface area (Å²) in [7, 11) is 0. The third-order valence-electron chi connectivity index (χ3n) is 1.98. The van der Waals surface area contributed by atoms with Crippen LogP contribution in [0.3, 0.4) is 0 Å². The minimum absolute atomic E-state index is 0.167. The second kappa shape index (κ2) is 2.44. The maximum absolute atomic E-state index is 10.4. The molecule has 0 fully saturated rings. The molecule has 60 valence electrons. The Hall–Kier alpha value is -1.64. The molecule has 0 unspecified atom stereocenters. The van der Waals surface area contributed by atoms with E-state index in [1.807, 2.05) is 18.2 Å². The van der Waals surface area contributed by atoms with Crippen molar-refractivity contribution in [3.63, 3.8) is 0 Å². The summed E-state index contributed by atoms with van der Waals surface area (Å²) in [5.74, 6) is 0. The molecule has 0 heterocycles. The number of fused-ring (bicyclic) bond motifs is 1. The van der Waals surface area contributed by atoms with E-state index in [-0.39, 0.29) is 10.6 Å². The van der Waals surface area contributed by atoms with E-state index in [0.717, 1.165) is 12.0 Å². The molecule has 0 saturated carbocycles. The molecule has 1 aromatic carbocycles. The second-order valence-corrected chi connectivity index (χ2v) is 2.75. The SMILES string of the molecule is O=[N+]([O-])c1ccc2c(c1)C=CC2. The summed E-state index contributed by atoms with van der Waals surface area (Å²) >= 11 is 0. The number of benzene rings is 1. The molecule has 12 heavy (non-hydrogen) atoms. The fourth-order valence-electron chi connectivity index (χ4n) is 1.35. The van der Waals surface area contributed by atoms with Crippen LogP contribution < -0.4 is 0 Å². The lowest BCUT2D eigenvalue weighted by atomic mass is 10.1. The zero-order valence-corrected chi connectivity index (χ0v) is 6.36. The van der Waals surface area contributed by atoms with E-state index in [1.54, 1.807) is 12.1 Å². The van der Waals surface area contributed by atoms with Gasteiger partial charge < -0.3 is 0 Å². The highest BCUT2D eigenvalue weighted by Crippen LogP contribution is 2.23. The van der Waals surface area contributed by atoms with E-state index in [1.165, 1.54) is 5.56 Å². The number of hydrogen-bond donors (Lipinski definition) is 0. The van der Waals surface area contributed by atoms with E-state index < -0.39 is 0 Å². The molecular weight excluding hydrogens is 154 g/mol. The first-order chi connectivity index (χ1) is 5.77. The molecule has 0 aromatic heterocycles. The maximum atomic E-state index is 10.4. The van der Waals surface area contributed by atoms with Crippen LogP contribution in [0.15, 0.2) is 24.3 Å². The van der Waals surface area contributed by atoms with E-state index in [9.17, 15) is 10.1 Å². The fraction of sp³-hybridized carbons (Fsp3) is 0.111. The molecule has 0 aliphatic heterocycles. The fourth-order valence-corrected chi connectivity index (χ4v) is 1.35. The highest BCUT2D eigenvalue weighted by Gasteiger charge is 2.10. The summed E-state index contributed by atoms with van der Waals surface area (Å²) in [5, 5.41) is 10.4. The van der Waals surface area contributed by atoms with Gasteiger partial charge in [0.2, 0.25) is 0 Å². The van der Waals surface area contributed by atoms with Gasteiger partial charge in [0.25, 0.3) is 5.69 Å². The third kappa shape index (κ3) is 0.993. The Balaban J connectivity index is 2.51. The second-order valence-electron chi connectivity index (χ2n) is 2.75. The van der Waals surface area contributed by atoms with E-state index >= 15 is 0 Å². The lowest BCUT2D eigenvalue weighted by molar-refractivity contribution is -0.384. The molecule has 3 heteroatoms. The van der Waals surface area contributed by atoms with Crippen LogP contribution in [0.1, 0.15) is 11.1 Å². The normalized spacial score (nSPS) is 13.0. The molecule has 1 aromatic rings. The summed E-state index contributed by atoms with van der Waals surface area (Å²) in [6, 6.07) is 4.97. The van der Waals surface area contributed by atoms with Gasteiger partial charge in [-0.3, -0.25) is 10.1 Å². The van der Waals surface area contributed by atoms with Crippen molar-refractivity contribution in [1.82, 2.24) is 0 Å². The average Bonchev–Trinajstić information content (AvgIpc) is 2.49. The molecule has 0 atom stereocenters. The summed E-state index contributed by atoms with van der Waals surface area (Å²) < 4.78 is 0. The molecule has 0 spiro atoms. The third-order valence-corrected chi connectivity index (χ3v) is 1.98. The van der Waals surface area contributed by atoms with Crippen LogP contribution in [-0.4, -0.2) is 4.92 Å². The largest absolute Gasteiger partial charge is 0.270 e. The Morgan fingerprint density at radius 2 is 2.25 bits per heavy atom. The van der Waals surface area contributed by atoms with Crippen LogP contribution in [-0.2, 0) is 6.42 Å². The molecule has 0 radical (unpaired) electrons. The van der Waals surface area contributed by atoms with Crippen molar-refractivity contribution in [2.24, 2.45) is 0 Å². The number of allylic oxidation sites excluding steroid dienone is 1. The van der Waals surface area contributed by atoms with E-state index in [0.29, 0.717) is 0 Å². The van der Waals surface area contributed by atoms with Gasteiger partial charge in [-0.05, 0) is 17.5 Å². The van der Waals surface area contributed by atoms with Crippen molar-refractivity contribution in [3.8, 4) is 0 Å². The van der Waals surface area contributed by atoms with Crippen LogP contribution in [0, 0.1) is 10.1 Å². The quantitative estimate of drug-likeness (QED) is 0.468.